The highest BCUT2D eigenvalue weighted by Gasteiger charge is 2.31. The van der Waals surface area contributed by atoms with Crippen LogP contribution in [0.1, 0.15) is 37.3 Å². The lowest BCUT2D eigenvalue weighted by Crippen LogP contribution is -2.52. The molecule has 2 atom stereocenters. The van der Waals surface area contributed by atoms with Crippen molar-refractivity contribution in [2.75, 3.05) is 19.7 Å². The van der Waals surface area contributed by atoms with E-state index >= 15 is 0 Å². The Hall–Kier alpha value is -3.88. The Morgan fingerprint density at radius 3 is 2.09 bits per heavy atom. The number of nitrogens with one attached hydrogen (secondary N) is 3. The monoisotopic (exact) mass is 467 g/mol. The minimum Gasteiger partial charge on any atom is -0.480 e. The molecular formula is C25H29N3O6. The van der Waals surface area contributed by atoms with E-state index in [2.05, 4.69) is 16.0 Å². The second-order valence-electron chi connectivity index (χ2n) is 8.22. The molecule has 0 spiro atoms. The Balaban J connectivity index is 1.60. The third-order valence-electron chi connectivity index (χ3n) is 5.97. The van der Waals surface area contributed by atoms with Gasteiger partial charge in [0.2, 0.25) is 11.8 Å². The standard InChI is InChI=1S/C25H29N3O6/c1-3-15(2)23(24(32)27-12-21(29)26-13-22(30)31)28-25(33)34-14-20-18-10-6-4-8-16(18)17-9-5-7-11-19(17)20/h4-11,15,20,23H,3,12-14H2,1-2H3,(H,26,29)(H,27,32)(H,28,33)(H,30,31)/t15?,23-/m0/s1. The van der Waals surface area contributed by atoms with Gasteiger partial charge in [-0.15, -0.1) is 0 Å². The maximum absolute atomic E-state index is 12.6. The van der Waals surface area contributed by atoms with Crippen LogP contribution in [0.25, 0.3) is 11.1 Å². The fourth-order valence-electron chi connectivity index (χ4n) is 3.98. The van der Waals surface area contributed by atoms with Crippen LogP contribution < -0.4 is 16.0 Å². The first-order valence-corrected chi connectivity index (χ1v) is 11.2. The quantitative estimate of drug-likeness (QED) is 0.424. The molecule has 0 saturated carbocycles. The van der Waals surface area contributed by atoms with Gasteiger partial charge in [0.25, 0.3) is 0 Å². The molecule has 3 rings (SSSR count). The first kappa shape index (κ1) is 24.8. The molecule has 4 N–H and O–H groups in total. The first-order valence-electron chi connectivity index (χ1n) is 11.2. The number of carbonyl (C=O) groups is 4. The summed E-state index contributed by atoms with van der Waals surface area (Å²) in [5, 5.41) is 15.8. The SMILES string of the molecule is CCC(C)[C@H](NC(=O)OCC1c2ccccc2-c2ccccc21)C(=O)NCC(=O)NCC(=O)O. The van der Waals surface area contributed by atoms with E-state index in [0.717, 1.165) is 22.3 Å². The number of amides is 3. The predicted molar refractivity (Wildman–Crippen MR) is 125 cm³/mol. The van der Waals surface area contributed by atoms with Crippen molar-refractivity contribution in [2.45, 2.75) is 32.2 Å². The molecule has 0 saturated heterocycles. The van der Waals surface area contributed by atoms with Gasteiger partial charge in [-0.3, -0.25) is 14.4 Å². The zero-order valence-electron chi connectivity index (χ0n) is 19.2. The number of hydrogen-bond donors (Lipinski definition) is 4. The summed E-state index contributed by atoms with van der Waals surface area (Å²) in [6, 6.07) is 15.1. The molecule has 0 aliphatic heterocycles. The van der Waals surface area contributed by atoms with E-state index in [1.807, 2.05) is 55.5 Å². The molecule has 1 aliphatic carbocycles. The second-order valence-corrected chi connectivity index (χ2v) is 8.22. The first-order chi connectivity index (χ1) is 16.3. The Bertz CT molecular complexity index is 1020. The van der Waals surface area contributed by atoms with Gasteiger partial charge in [0, 0.05) is 5.92 Å². The van der Waals surface area contributed by atoms with E-state index < -0.39 is 43.0 Å². The molecule has 180 valence electrons. The number of hydrogen-bond acceptors (Lipinski definition) is 5. The molecule has 2 aromatic rings. The number of carboxylic acids is 1. The maximum atomic E-state index is 12.6. The molecule has 9 nitrogen and oxygen atoms in total. The van der Waals surface area contributed by atoms with Crippen molar-refractivity contribution in [1.82, 2.24) is 16.0 Å². The number of ether oxygens (including phenoxy) is 1. The zero-order valence-corrected chi connectivity index (χ0v) is 19.2. The summed E-state index contributed by atoms with van der Waals surface area (Å²) in [7, 11) is 0. The Kier molecular flexibility index (Phi) is 8.24. The minimum absolute atomic E-state index is 0.105. The molecule has 3 amide bonds. The number of fused-ring (bicyclic) bond motifs is 3. The number of benzene rings is 2. The van der Waals surface area contributed by atoms with Crippen LogP contribution >= 0.6 is 0 Å². The summed E-state index contributed by atoms with van der Waals surface area (Å²) in [5.41, 5.74) is 4.40. The number of aliphatic carboxylic acids is 1. The average Bonchev–Trinajstić information content (AvgIpc) is 3.16. The van der Waals surface area contributed by atoms with Gasteiger partial charge >= 0.3 is 12.1 Å². The Morgan fingerprint density at radius 1 is 0.941 bits per heavy atom. The topological polar surface area (TPSA) is 134 Å². The maximum Gasteiger partial charge on any atom is 0.407 e. The second kappa shape index (κ2) is 11.3. The van der Waals surface area contributed by atoms with Gasteiger partial charge in [0.15, 0.2) is 0 Å². The number of rotatable bonds is 10. The summed E-state index contributed by atoms with van der Waals surface area (Å²) >= 11 is 0. The van der Waals surface area contributed by atoms with Crippen LogP contribution in [0, 0.1) is 5.92 Å². The largest absolute Gasteiger partial charge is 0.480 e. The molecule has 1 unspecified atom stereocenters. The van der Waals surface area contributed by atoms with Gasteiger partial charge in [-0.1, -0.05) is 68.8 Å². The van der Waals surface area contributed by atoms with E-state index in [-0.39, 0.29) is 18.4 Å². The van der Waals surface area contributed by atoms with Crippen LogP contribution in [0.2, 0.25) is 0 Å². The van der Waals surface area contributed by atoms with Crippen molar-refractivity contribution in [3.63, 3.8) is 0 Å². The fourth-order valence-corrected chi connectivity index (χ4v) is 3.98. The van der Waals surface area contributed by atoms with E-state index in [4.69, 9.17) is 9.84 Å². The van der Waals surface area contributed by atoms with Crippen molar-refractivity contribution in [2.24, 2.45) is 5.92 Å². The van der Waals surface area contributed by atoms with Crippen LogP contribution in [0.15, 0.2) is 48.5 Å². The summed E-state index contributed by atoms with van der Waals surface area (Å²) in [6.45, 7) is 2.86. The van der Waals surface area contributed by atoms with Gasteiger partial charge in [-0.05, 0) is 28.2 Å². The molecule has 2 aromatic carbocycles. The average molecular weight is 468 g/mol. The minimum atomic E-state index is -1.19. The van der Waals surface area contributed by atoms with Crippen LogP contribution in [-0.2, 0) is 19.1 Å². The van der Waals surface area contributed by atoms with E-state index in [1.165, 1.54) is 0 Å². The zero-order chi connectivity index (χ0) is 24.7. The molecule has 1 aliphatic rings. The van der Waals surface area contributed by atoms with Gasteiger partial charge in [0.1, 0.15) is 19.2 Å². The summed E-state index contributed by atoms with van der Waals surface area (Å²) < 4.78 is 5.53. The third kappa shape index (κ3) is 5.92. The lowest BCUT2D eigenvalue weighted by molar-refractivity contribution is -0.137. The smallest absolute Gasteiger partial charge is 0.407 e. The van der Waals surface area contributed by atoms with Gasteiger partial charge in [0.05, 0.1) is 6.54 Å². The fraction of sp³-hybridized carbons (Fsp3) is 0.360. The van der Waals surface area contributed by atoms with Crippen molar-refractivity contribution in [1.29, 1.82) is 0 Å². The van der Waals surface area contributed by atoms with Gasteiger partial charge < -0.3 is 25.8 Å². The number of carboxylic acid groups (broad SMARTS) is 1. The van der Waals surface area contributed by atoms with E-state index in [0.29, 0.717) is 6.42 Å². The van der Waals surface area contributed by atoms with E-state index in [9.17, 15) is 19.2 Å². The molecule has 34 heavy (non-hydrogen) atoms. The lowest BCUT2D eigenvalue weighted by Gasteiger charge is -2.23. The highest BCUT2D eigenvalue weighted by Crippen LogP contribution is 2.44. The van der Waals surface area contributed by atoms with Crippen LogP contribution in [0.4, 0.5) is 4.79 Å². The van der Waals surface area contributed by atoms with Crippen molar-refractivity contribution in [3.05, 3.63) is 59.7 Å². The van der Waals surface area contributed by atoms with Crippen LogP contribution in [-0.4, -0.2) is 54.7 Å². The third-order valence-corrected chi connectivity index (χ3v) is 5.97. The van der Waals surface area contributed by atoms with Gasteiger partial charge in [-0.2, -0.15) is 0 Å². The summed E-state index contributed by atoms with van der Waals surface area (Å²) in [5.74, 6) is -2.70. The highest BCUT2D eigenvalue weighted by atomic mass is 16.5. The van der Waals surface area contributed by atoms with Crippen molar-refractivity contribution in [3.8, 4) is 11.1 Å². The number of alkyl carbamates (subject to hydrolysis) is 1. The summed E-state index contributed by atoms with van der Waals surface area (Å²) in [6.07, 6.45) is -0.120. The van der Waals surface area contributed by atoms with Crippen molar-refractivity contribution >= 4 is 23.9 Å². The van der Waals surface area contributed by atoms with Crippen LogP contribution in [0.5, 0.6) is 0 Å². The summed E-state index contributed by atoms with van der Waals surface area (Å²) in [4.78, 5) is 47.5. The molecule has 0 aromatic heterocycles. The molecular weight excluding hydrogens is 438 g/mol. The molecule has 0 fully saturated rings. The number of carbonyl (C=O) groups excluding carboxylic acids is 3. The lowest BCUT2D eigenvalue weighted by atomic mass is 9.98. The molecule has 9 heteroatoms. The predicted octanol–water partition coefficient (Wildman–Crippen LogP) is 2.26. The molecule has 0 bridgehead atoms. The van der Waals surface area contributed by atoms with E-state index in [1.54, 1.807) is 6.92 Å². The van der Waals surface area contributed by atoms with Crippen molar-refractivity contribution < 1.29 is 29.0 Å². The van der Waals surface area contributed by atoms with Crippen LogP contribution in [0.3, 0.4) is 0 Å². The normalized spacial score (nSPS) is 13.7. The van der Waals surface area contributed by atoms with Gasteiger partial charge in [-0.25, -0.2) is 4.79 Å². The Labute approximate surface area is 197 Å². The molecule has 0 radical (unpaired) electrons. The highest BCUT2D eigenvalue weighted by molar-refractivity contribution is 5.90. The molecule has 0 heterocycles. The Morgan fingerprint density at radius 2 is 1.53 bits per heavy atom.